The molecule has 6 heteroatoms. The number of ether oxygens (including phenoxy) is 1. The summed E-state index contributed by atoms with van der Waals surface area (Å²) < 4.78 is 4.98. The van der Waals surface area contributed by atoms with Crippen LogP contribution in [0.25, 0.3) is 0 Å². The zero-order valence-electron chi connectivity index (χ0n) is 13.0. The molecule has 1 amide bonds. The maximum absolute atomic E-state index is 11.8. The predicted octanol–water partition coefficient (Wildman–Crippen LogP) is 1.61. The van der Waals surface area contributed by atoms with E-state index in [2.05, 4.69) is 10.3 Å². The Kier molecular flexibility index (Phi) is 6.65. The SMILES string of the molecule is CCNC(=O)c1cc(N(CC(=O)OCC)C(C)C)ccn1. The van der Waals surface area contributed by atoms with Crippen molar-refractivity contribution in [3.8, 4) is 0 Å². The van der Waals surface area contributed by atoms with Gasteiger partial charge in [0.2, 0.25) is 0 Å². The molecule has 0 bridgehead atoms. The van der Waals surface area contributed by atoms with E-state index in [1.807, 2.05) is 25.7 Å². The Hall–Kier alpha value is -2.11. The molecule has 1 N–H and O–H groups in total. The maximum atomic E-state index is 11.8. The molecule has 1 aromatic heterocycles. The number of hydrogen-bond donors (Lipinski definition) is 1. The van der Waals surface area contributed by atoms with E-state index in [0.29, 0.717) is 18.8 Å². The summed E-state index contributed by atoms with van der Waals surface area (Å²) in [5.74, 6) is -0.512. The fourth-order valence-corrected chi connectivity index (χ4v) is 1.89. The Balaban J connectivity index is 2.95. The topological polar surface area (TPSA) is 71.5 Å². The number of aromatic nitrogens is 1. The first kappa shape index (κ1) is 16.9. The minimum Gasteiger partial charge on any atom is -0.465 e. The molecule has 0 aliphatic heterocycles. The number of nitrogens with zero attached hydrogens (tertiary/aromatic N) is 2. The molecular formula is C15H23N3O3. The van der Waals surface area contributed by atoms with Gasteiger partial charge >= 0.3 is 5.97 Å². The van der Waals surface area contributed by atoms with Gasteiger partial charge in [0, 0.05) is 24.5 Å². The van der Waals surface area contributed by atoms with Crippen molar-refractivity contribution in [1.29, 1.82) is 0 Å². The Labute approximate surface area is 125 Å². The normalized spacial score (nSPS) is 10.3. The predicted molar refractivity (Wildman–Crippen MR) is 81.4 cm³/mol. The number of hydrogen-bond acceptors (Lipinski definition) is 5. The van der Waals surface area contributed by atoms with Crippen molar-refractivity contribution in [2.75, 3.05) is 24.6 Å². The Morgan fingerprint density at radius 1 is 1.38 bits per heavy atom. The van der Waals surface area contributed by atoms with Crippen LogP contribution in [0.15, 0.2) is 18.3 Å². The first-order valence-corrected chi connectivity index (χ1v) is 7.16. The monoisotopic (exact) mass is 293 g/mol. The summed E-state index contributed by atoms with van der Waals surface area (Å²) in [6.07, 6.45) is 1.57. The van der Waals surface area contributed by atoms with E-state index in [1.165, 1.54) is 0 Å². The number of amides is 1. The van der Waals surface area contributed by atoms with Gasteiger partial charge in [-0.1, -0.05) is 0 Å². The van der Waals surface area contributed by atoms with Gasteiger partial charge in [-0.3, -0.25) is 14.6 Å². The third kappa shape index (κ3) is 5.06. The Morgan fingerprint density at radius 3 is 2.67 bits per heavy atom. The lowest BCUT2D eigenvalue weighted by Gasteiger charge is -2.28. The molecule has 0 spiro atoms. The maximum Gasteiger partial charge on any atom is 0.325 e. The molecule has 1 heterocycles. The summed E-state index contributed by atoms with van der Waals surface area (Å²) >= 11 is 0. The highest BCUT2D eigenvalue weighted by Gasteiger charge is 2.17. The van der Waals surface area contributed by atoms with Crippen LogP contribution >= 0.6 is 0 Å². The van der Waals surface area contributed by atoms with Crippen molar-refractivity contribution in [2.24, 2.45) is 0 Å². The van der Waals surface area contributed by atoms with Crippen LogP contribution in [0.2, 0.25) is 0 Å². The highest BCUT2D eigenvalue weighted by Crippen LogP contribution is 2.17. The standard InChI is InChI=1S/C15H23N3O3/c1-5-16-15(20)13-9-12(7-8-17-13)18(11(3)4)10-14(19)21-6-2/h7-9,11H,5-6,10H2,1-4H3,(H,16,20). The van der Waals surface area contributed by atoms with Crippen molar-refractivity contribution in [2.45, 2.75) is 33.7 Å². The van der Waals surface area contributed by atoms with Gasteiger partial charge in [0.15, 0.2) is 0 Å². The molecule has 0 radical (unpaired) electrons. The van der Waals surface area contributed by atoms with E-state index in [4.69, 9.17) is 4.74 Å². The number of rotatable bonds is 7. The largest absolute Gasteiger partial charge is 0.465 e. The van der Waals surface area contributed by atoms with E-state index in [1.54, 1.807) is 25.3 Å². The summed E-state index contributed by atoms with van der Waals surface area (Å²) in [6, 6.07) is 3.56. The summed E-state index contributed by atoms with van der Waals surface area (Å²) in [7, 11) is 0. The summed E-state index contributed by atoms with van der Waals surface area (Å²) in [5, 5.41) is 2.71. The molecule has 0 unspecified atom stereocenters. The van der Waals surface area contributed by atoms with Crippen LogP contribution < -0.4 is 10.2 Å². The molecule has 0 saturated carbocycles. The van der Waals surface area contributed by atoms with Crippen LogP contribution in [-0.2, 0) is 9.53 Å². The smallest absolute Gasteiger partial charge is 0.325 e. The zero-order valence-corrected chi connectivity index (χ0v) is 13.0. The van der Waals surface area contributed by atoms with Crippen LogP contribution in [0.4, 0.5) is 5.69 Å². The molecule has 1 aromatic rings. The molecule has 0 fully saturated rings. The second-order valence-electron chi connectivity index (χ2n) is 4.79. The summed E-state index contributed by atoms with van der Waals surface area (Å²) in [5.41, 5.74) is 1.11. The molecule has 21 heavy (non-hydrogen) atoms. The summed E-state index contributed by atoms with van der Waals surface area (Å²) in [6.45, 7) is 8.62. The Morgan fingerprint density at radius 2 is 2.10 bits per heavy atom. The van der Waals surface area contributed by atoms with E-state index < -0.39 is 0 Å². The number of anilines is 1. The number of esters is 1. The van der Waals surface area contributed by atoms with Gasteiger partial charge in [0.05, 0.1) is 6.61 Å². The second-order valence-corrected chi connectivity index (χ2v) is 4.79. The van der Waals surface area contributed by atoms with Crippen LogP contribution in [-0.4, -0.2) is 42.6 Å². The quantitative estimate of drug-likeness (QED) is 0.773. The van der Waals surface area contributed by atoms with Gasteiger partial charge in [-0.2, -0.15) is 0 Å². The second kappa shape index (κ2) is 8.24. The van der Waals surface area contributed by atoms with Crippen LogP contribution in [0, 0.1) is 0 Å². The minimum absolute atomic E-state index is 0.0962. The molecule has 0 saturated heterocycles. The summed E-state index contributed by atoms with van der Waals surface area (Å²) in [4.78, 5) is 29.5. The zero-order chi connectivity index (χ0) is 15.8. The first-order chi connectivity index (χ1) is 9.99. The lowest BCUT2D eigenvalue weighted by Crippen LogP contribution is -2.37. The van der Waals surface area contributed by atoms with E-state index in [-0.39, 0.29) is 24.5 Å². The number of carbonyl (C=O) groups excluding carboxylic acids is 2. The van der Waals surface area contributed by atoms with Crippen molar-refractivity contribution < 1.29 is 14.3 Å². The van der Waals surface area contributed by atoms with Gasteiger partial charge in [-0.25, -0.2) is 0 Å². The number of carbonyl (C=O) groups is 2. The number of pyridine rings is 1. The van der Waals surface area contributed by atoms with Gasteiger partial charge in [-0.15, -0.1) is 0 Å². The minimum atomic E-state index is -0.289. The highest BCUT2D eigenvalue weighted by molar-refractivity contribution is 5.93. The van der Waals surface area contributed by atoms with Gasteiger partial charge in [0.25, 0.3) is 5.91 Å². The Bertz CT molecular complexity index is 489. The molecule has 116 valence electrons. The molecule has 1 rings (SSSR count). The molecular weight excluding hydrogens is 270 g/mol. The van der Waals surface area contributed by atoms with E-state index in [0.717, 1.165) is 5.69 Å². The lowest BCUT2D eigenvalue weighted by molar-refractivity contribution is -0.141. The van der Waals surface area contributed by atoms with Gasteiger partial charge in [-0.05, 0) is 39.8 Å². The molecule has 0 aliphatic carbocycles. The average Bonchev–Trinajstić information content (AvgIpc) is 2.45. The fraction of sp³-hybridized carbons (Fsp3) is 0.533. The number of nitrogens with one attached hydrogen (secondary N) is 1. The van der Waals surface area contributed by atoms with Crippen molar-refractivity contribution in [3.63, 3.8) is 0 Å². The van der Waals surface area contributed by atoms with E-state index >= 15 is 0 Å². The fourth-order valence-electron chi connectivity index (χ4n) is 1.89. The average molecular weight is 293 g/mol. The molecule has 0 aliphatic rings. The van der Waals surface area contributed by atoms with Crippen LogP contribution in [0.1, 0.15) is 38.2 Å². The van der Waals surface area contributed by atoms with E-state index in [9.17, 15) is 9.59 Å². The van der Waals surface area contributed by atoms with Crippen LogP contribution in [0.3, 0.4) is 0 Å². The lowest BCUT2D eigenvalue weighted by atomic mass is 10.2. The molecule has 0 atom stereocenters. The van der Waals surface area contributed by atoms with Gasteiger partial charge < -0.3 is 15.0 Å². The van der Waals surface area contributed by atoms with Crippen LogP contribution in [0.5, 0.6) is 0 Å². The van der Waals surface area contributed by atoms with Gasteiger partial charge in [0.1, 0.15) is 12.2 Å². The first-order valence-electron chi connectivity index (χ1n) is 7.16. The molecule has 6 nitrogen and oxygen atoms in total. The third-order valence-corrected chi connectivity index (χ3v) is 2.87. The highest BCUT2D eigenvalue weighted by atomic mass is 16.5. The third-order valence-electron chi connectivity index (χ3n) is 2.87. The van der Waals surface area contributed by atoms with Crippen molar-refractivity contribution in [3.05, 3.63) is 24.0 Å². The molecule has 0 aromatic carbocycles. The van der Waals surface area contributed by atoms with Crippen molar-refractivity contribution in [1.82, 2.24) is 10.3 Å². The van der Waals surface area contributed by atoms with Crippen molar-refractivity contribution >= 4 is 17.6 Å².